The summed E-state index contributed by atoms with van der Waals surface area (Å²) in [6.07, 6.45) is 3.68. The summed E-state index contributed by atoms with van der Waals surface area (Å²) >= 11 is 1.24. The zero-order chi connectivity index (χ0) is 14.8. The smallest absolute Gasteiger partial charge is 0.264 e. The lowest BCUT2D eigenvalue weighted by atomic mass is 9.98. The topological polar surface area (TPSA) is 108 Å². The Hall–Kier alpha value is -1.70. The predicted octanol–water partition coefficient (Wildman–Crippen LogP) is 0.742. The molecule has 0 saturated heterocycles. The van der Waals surface area contributed by atoms with Gasteiger partial charge in [0.15, 0.2) is 0 Å². The number of aliphatic hydroxyl groups is 2. The van der Waals surface area contributed by atoms with Gasteiger partial charge < -0.3 is 21.3 Å². The second kappa shape index (κ2) is 5.74. The van der Waals surface area contributed by atoms with Crippen LogP contribution in [0.15, 0.2) is 18.5 Å². The van der Waals surface area contributed by atoms with E-state index in [1.165, 1.54) is 11.3 Å². The van der Waals surface area contributed by atoms with Crippen LogP contribution >= 0.6 is 11.3 Å². The van der Waals surface area contributed by atoms with Crippen molar-refractivity contribution in [2.24, 2.45) is 0 Å². The quantitative estimate of drug-likeness (QED) is 0.650. The number of pyridine rings is 1. The number of hydrogen-bond donors (Lipinski definition) is 4. The first-order chi connectivity index (χ1) is 9.56. The second-order valence-corrected chi connectivity index (χ2v) is 5.67. The fourth-order valence-corrected chi connectivity index (χ4v) is 2.86. The molecule has 0 radical (unpaired) electrons. The molecule has 0 fully saturated rings. The Balaban J connectivity index is 2.34. The third-order valence-electron chi connectivity index (χ3n) is 3.40. The maximum absolute atomic E-state index is 12.3. The van der Waals surface area contributed by atoms with E-state index in [9.17, 15) is 15.0 Å². The van der Waals surface area contributed by atoms with Crippen LogP contribution in [0.2, 0.25) is 0 Å². The third-order valence-corrected chi connectivity index (χ3v) is 4.55. The Kier molecular flexibility index (Phi) is 4.22. The van der Waals surface area contributed by atoms with Crippen LogP contribution in [0.25, 0.3) is 10.1 Å². The van der Waals surface area contributed by atoms with Crippen molar-refractivity contribution < 1.29 is 15.0 Å². The van der Waals surface area contributed by atoms with Crippen molar-refractivity contribution in [3.05, 3.63) is 23.3 Å². The summed E-state index contributed by atoms with van der Waals surface area (Å²) in [5.41, 5.74) is 5.34. The highest BCUT2D eigenvalue weighted by Crippen LogP contribution is 2.33. The highest BCUT2D eigenvalue weighted by molar-refractivity contribution is 7.21. The number of aromatic nitrogens is 1. The van der Waals surface area contributed by atoms with Gasteiger partial charge in [0.2, 0.25) is 0 Å². The van der Waals surface area contributed by atoms with Gasteiger partial charge in [0, 0.05) is 17.8 Å². The van der Waals surface area contributed by atoms with Crippen molar-refractivity contribution in [1.82, 2.24) is 10.3 Å². The summed E-state index contributed by atoms with van der Waals surface area (Å²) in [5, 5.41) is 22.2. The van der Waals surface area contributed by atoms with Gasteiger partial charge in [-0.05, 0) is 12.5 Å². The van der Waals surface area contributed by atoms with Crippen LogP contribution in [0.4, 0.5) is 5.69 Å². The highest BCUT2D eigenvalue weighted by atomic mass is 32.1. The summed E-state index contributed by atoms with van der Waals surface area (Å²) in [5.74, 6) is -0.395. The summed E-state index contributed by atoms with van der Waals surface area (Å²) in [7, 11) is 0. The molecule has 108 valence electrons. The van der Waals surface area contributed by atoms with Crippen molar-refractivity contribution >= 4 is 33.0 Å². The first kappa shape index (κ1) is 14.7. The molecule has 2 rings (SSSR count). The minimum Gasteiger partial charge on any atom is -0.397 e. The number of nitrogens with one attached hydrogen (secondary N) is 1. The summed E-state index contributed by atoms with van der Waals surface area (Å²) in [6, 6.07) is 1.75. The molecule has 0 spiro atoms. The van der Waals surface area contributed by atoms with Crippen molar-refractivity contribution in [3.8, 4) is 0 Å². The molecular weight excluding hydrogens is 278 g/mol. The molecule has 0 unspecified atom stereocenters. The van der Waals surface area contributed by atoms with E-state index in [1.54, 1.807) is 25.4 Å². The molecule has 2 heterocycles. The number of nitrogen functional groups attached to an aromatic ring is 1. The lowest BCUT2D eigenvalue weighted by Gasteiger charge is -2.29. The minimum absolute atomic E-state index is 0.335. The van der Waals surface area contributed by atoms with E-state index in [1.807, 2.05) is 0 Å². The van der Waals surface area contributed by atoms with Gasteiger partial charge in [0.1, 0.15) is 4.88 Å². The first-order valence-electron chi connectivity index (χ1n) is 6.23. The van der Waals surface area contributed by atoms with Crippen LogP contribution < -0.4 is 11.1 Å². The Bertz CT molecular complexity index is 614. The molecule has 0 bridgehead atoms. The molecule has 0 atom stereocenters. The average molecular weight is 295 g/mol. The van der Waals surface area contributed by atoms with Gasteiger partial charge in [0.25, 0.3) is 5.91 Å². The van der Waals surface area contributed by atoms with E-state index in [4.69, 9.17) is 5.73 Å². The number of fused-ring (bicyclic) bond motifs is 1. The van der Waals surface area contributed by atoms with Gasteiger partial charge in [-0.1, -0.05) is 6.92 Å². The van der Waals surface area contributed by atoms with Crippen LogP contribution in [0.3, 0.4) is 0 Å². The lowest BCUT2D eigenvalue weighted by molar-refractivity contribution is 0.0657. The van der Waals surface area contributed by atoms with E-state index in [-0.39, 0.29) is 13.2 Å². The summed E-state index contributed by atoms with van der Waals surface area (Å²) < 4.78 is 0.824. The van der Waals surface area contributed by atoms with Crippen molar-refractivity contribution in [3.63, 3.8) is 0 Å². The molecule has 0 aliphatic carbocycles. The number of nitrogens with zero attached hydrogens (tertiary/aromatic N) is 1. The number of thiophene rings is 1. The fourth-order valence-electron chi connectivity index (χ4n) is 1.88. The van der Waals surface area contributed by atoms with Crippen LogP contribution in [0, 0.1) is 0 Å². The van der Waals surface area contributed by atoms with Gasteiger partial charge in [-0.15, -0.1) is 11.3 Å². The van der Waals surface area contributed by atoms with Crippen molar-refractivity contribution in [2.45, 2.75) is 18.9 Å². The lowest BCUT2D eigenvalue weighted by Crippen LogP contribution is -2.53. The number of carbonyl (C=O) groups is 1. The Labute approximate surface area is 120 Å². The molecule has 0 aliphatic heterocycles. The van der Waals surface area contributed by atoms with E-state index in [0.717, 1.165) is 10.1 Å². The fraction of sp³-hybridized carbons (Fsp3) is 0.385. The predicted molar refractivity (Wildman–Crippen MR) is 78.7 cm³/mol. The van der Waals surface area contributed by atoms with E-state index in [2.05, 4.69) is 10.3 Å². The molecule has 2 aromatic heterocycles. The maximum Gasteiger partial charge on any atom is 0.264 e. The normalized spacial score (nSPS) is 11.8. The maximum atomic E-state index is 12.3. The largest absolute Gasteiger partial charge is 0.397 e. The molecule has 5 N–H and O–H groups in total. The van der Waals surface area contributed by atoms with Crippen LogP contribution in [-0.2, 0) is 0 Å². The van der Waals surface area contributed by atoms with Crippen LogP contribution in [0.1, 0.15) is 23.0 Å². The minimum atomic E-state index is -1.03. The Morgan fingerprint density at radius 2 is 2.20 bits per heavy atom. The van der Waals surface area contributed by atoms with E-state index >= 15 is 0 Å². The molecule has 7 heteroatoms. The highest BCUT2D eigenvalue weighted by Gasteiger charge is 2.30. The van der Waals surface area contributed by atoms with E-state index < -0.39 is 11.4 Å². The molecule has 20 heavy (non-hydrogen) atoms. The zero-order valence-electron chi connectivity index (χ0n) is 11.1. The third kappa shape index (κ3) is 2.47. The van der Waals surface area contributed by atoms with Gasteiger partial charge in [-0.2, -0.15) is 0 Å². The number of carbonyl (C=O) groups excluding carboxylic acids is 1. The van der Waals surface area contributed by atoms with Gasteiger partial charge in [-0.3, -0.25) is 9.78 Å². The van der Waals surface area contributed by atoms with Crippen molar-refractivity contribution in [1.29, 1.82) is 0 Å². The number of hydrogen-bond acceptors (Lipinski definition) is 6. The molecule has 0 aliphatic rings. The SMILES string of the molecule is CCC(CO)(CO)NC(=O)c1sc2cnccc2c1N. The zero-order valence-corrected chi connectivity index (χ0v) is 11.9. The molecule has 2 aromatic rings. The van der Waals surface area contributed by atoms with Crippen molar-refractivity contribution in [2.75, 3.05) is 18.9 Å². The van der Waals surface area contributed by atoms with Crippen LogP contribution in [0.5, 0.6) is 0 Å². The Morgan fingerprint density at radius 3 is 2.75 bits per heavy atom. The Morgan fingerprint density at radius 1 is 1.50 bits per heavy atom. The number of nitrogens with two attached hydrogens (primary N) is 1. The second-order valence-electron chi connectivity index (χ2n) is 4.62. The molecule has 1 amide bonds. The number of aliphatic hydroxyl groups excluding tert-OH is 2. The number of rotatable bonds is 5. The molecule has 0 aromatic carbocycles. The molecular formula is C13H17N3O3S. The molecule has 0 saturated carbocycles. The number of anilines is 1. The van der Waals surface area contributed by atoms with Gasteiger partial charge in [0.05, 0.1) is 29.1 Å². The summed E-state index contributed by atoms with van der Waals surface area (Å²) in [6.45, 7) is 1.11. The first-order valence-corrected chi connectivity index (χ1v) is 7.04. The van der Waals surface area contributed by atoms with E-state index in [0.29, 0.717) is 17.0 Å². The average Bonchev–Trinajstić information content (AvgIpc) is 2.83. The van der Waals surface area contributed by atoms with Gasteiger partial charge in [-0.25, -0.2) is 0 Å². The molecule has 6 nitrogen and oxygen atoms in total. The van der Waals surface area contributed by atoms with Crippen LogP contribution in [-0.4, -0.2) is 39.9 Å². The van der Waals surface area contributed by atoms with Gasteiger partial charge >= 0.3 is 0 Å². The summed E-state index contributed by atoms with van der Waals surface area (Å²) in [4.78, 5) is 16.7. The number of amides is 1. The standard InChI is InChI=1S/C13H17N3O3S/c1-2-13(6-17,7-18)16-12(19)11-10(14)8-3-4-15-5-9(8)20-11/h3-5,17-18H,2,6-7,14H2,1H3,(H,16,19). The monoisotopic (exact) mass is 295 g/mol.